The molecule has 1 aromatic rings. The maximum absolute atomic E-state index is 13.3. The van der Waals surface area contributed by atoms with Crippen molar-refractivity contribution in [2.24, 2.45) is 5.92 Å². The Kier molecular flexibility index (Phi) is 4.55. The molecule has 3 aliphatic rings. The monoisotopic (exact) mass is 331 g/mol. The van der Waals surface area contributed by atoms with E-state index in [1.807, 2.05) is 17.0 Å². The number of piperidine rings is 1. The Balaban J connectivity index is 1.54. The van der Waals surface area contributed by atoms with Gasteiger partial charge in [0, 0.05) is 18.5 Å². The summed E-state index contributed by atoms with van der Waals surface area (Å²) < 4.78 is 13.2. The highest BCUT2D eigenvalue weighted by Gasteiger charge is 2.44. The largest absolute Gasteiger partial charge is 0.334 e. The Morgan fingerprint density at radius 2 is 1.75 bits per heavy atom. The van der Waals surface area contributed by atoms with Crippen molar-refractivity contribution in [2.45, 2.75) is 63.1 Å². The number of likely N-dealkylation sites (tertiary alicyclic amines) is 1. The molecule has 2 heterocycles. The molecular weight excluding hydrogens is 305 g/mol. The number of fused-ring (bicyclic) bond motifs is 1. The lowest BCUT2D eigenvalue weighted by atomic mass is 9.81. The number of hydrogen-bond acceptors (Lipinski definition) is 3. The van der Waals surface area contributed by atoms with Gasteiger partial charge in [0.25, 0.3) is 0 Å². The van der Waals surface area contributed by atoms with E-state index < -0.39 is 0 Å². The first kappa shape index (κ1) is 16.0. The number of nitrogens with zero attached hydrogens (tertiary/aromatic N) is 1. The van der Waals surface area contributed by atoms with Crippen LogP contribution in [0, 0.1) is 11.7 Å². The first-order chi connectivity index (χ1) is 11.7. The van der Waals surface area contributed by atoms with Gasteiger partial charge in [-0.25, -0.2) is 9.82 Å². The van der Waals surface area contributed by atoms with Gasteiger partial charge in [0.2, 0.25) is 5.91 Å². The summed E-state index contributed by atoms with van der Waals surface area (Å²) in [4.78, 5) is 15.3. The summed E-state index contributed by atoms with van der Waals surface area (Å²) in [6.45, 7) is 0.802. The molecule has 1 aromatic carbocycles. The van der Waals surface area contributed by atoms with Crippen molar-refractivity contribution >= 4 is 5.91 Å². The van der Waals surface area contributed by atoms with Gasteiger partial charge in [-0.2, -0.15) is 0 Å². The Labute approximate surface area is 142 Å². The van der Waals surface area contributed by atoms with Crippen molar-refractivity contribution < 1.29 is 9.18 Å². The van der Waals surface area contributed by atoms with Crippen molar-refractivity contribution in [3.8, 4) is 0 Å². The van der Waals surface area contributed by atoms with Crippen LogP contribution in [-0.4, -0.2) is 29.4 Å². The molecule has 0 radical (unpaired) electrons. The van der Waals surface area contributed by atoms with E-state index in [4.69, 9.17) is 0 Å². The molecule has 0 bridgehead atoms. The molecule has 4 rings (SSSR count). The fraction of sp³-hybridized carbons (Fsp3) is 0.632. The number of amides is 1. The zero-order valence-corrected chi connectivity index (χ0v) is 14.0. The highest BCUT2D eigenvalue weighted by atomic mass is 19.1. The van der Waals surface area contributed by atoms with Gasteiger partial charge in [-0.1, -0.05) is 25.0 Å². The molecule has 2 aliphatic heterocycles. The third-order valence-corrected chi connectivity index (χ3v) is 5.98. The van der Waals surface area contributed by atoms with Gasteiger partial charge in [0.1, 0.15) is 11.9 Å². The Morgan fingerprint density at radius 1 is 1.00 bits per heavy atom. The Morgan fingerprint density at radius 3 is 2.58 bits per heavy atom. The lowest BCUT2D eigenvalue weighted by molar-refractivity contribution is -0.138. The van der Waals surface area contributed by atoms with E-state index in [0.29, 0.717) is 12.0 Å². The lowest BCUT2D eigenvalue weighted by Crippen LogP contribution is -2.50. The fourth-order valence-corrected chi connectivity index (χ4v) is 4.69. The van der Waals surface area contributed by atoms with Crippen molar-refractivity contribution in [2.75, 3.05) is 6.54 Å². The predicted molar refractivity (Wildman–Crippen MR) is 90.5 cm³/mol. The number of benzene rings is 1. The molecule has 0 aromatic heterocycles. The lowest BCUT2D eigenvalue weighted by Gasteiger charge is -2.39. The summed E-state index contributed by atoms with van der Waals surface area (Å²) in [6, 6.07) is 7.05. The zero-order valence-electron chi connectivity index (χ0n) is 14.0. The average molecular weight is 331 g/mol. The molecule has 130 valence electrons. The maximum Gasteiger partial charge on any atom is 0.241 e. The second-order valence-corrected chi connectivity index (χ2v) is 7.42. The number of carbonyl (C=O) groups excluding carboxylic acids is 1. The van der Waals surface area contributed by atoms with Crippen LogP contribution in [0.2, 0.25) is 0 Å². The number of nitrogens with one attached hydrogen (secondary N) is 2. The van der Waals surface area contributed by atoms with Crippen LogP contribution < -0.4 is 10.9 Å². The predicted octanol–water partition coefficient (Wildman–Crippen LogP) is 2.91. The number of rotatable bonds is 2. The van der Waals surface area contributed by atoms with Crippen molar-refractivity contribution in [1.82, 2.24) is 15.8 Å². The molecule has 3 fully saturated rings. The minimum absolute atomic E-state index is 0.0799. The fourth-order valence-electron chi connectivity index (χ4n) is 4.69. The third kappa shape index (κ3) is 2.95. The van der Waals surface area contributed by atoms with Crippen LogP contribution >= 0.6 is 0 Å². The molecule has 1 aliphatic carbocycles. The van der Waals surface area contributed by atoms with Crippen LogP contribution in [0.15, 0.2) is 24.3 Å². The molecule has 24 heavy (non-hydrogen) atoms. The first-order valence-electron chi connectivity index (χ1n) is 9.31. The highest BCUT2D eigenvalue weighted by molar-refractivity contribution is 5.83. The minimum atomic E-state index is -0.223. The summed E-state index contributed by atoms with van der Waals surface area (Å²) in [5, 5.41) is 0. The maximum atomic E-state index is 13.3. The molecule has 4 atom stereocenters. The minimum Gasteiger partial charge on any atom is -0.334 e. The Bertz CT molecular complexity index is 591. The molecule has 0 spiro atoms. The molecule has 2 N–H and O–H groups in total. The van der Waals surface area contributed by atoms with Crippen LogP contribution in [-0.2, 0) is 4.79 Å². The van der Waals surface area contributed by atoms with Crippen LogP contribution in [0.1, 0.15) is 56.6 Å². The Hall–Kier alpha value is -1.46. The van der Waals surface area contributed by atoms with Gasteiger partial charge in [-0.15, -0.1) is 0 Å². The summed E-state index contributed by atoms with van der Waals surface area (Å²) >= 11 is 0. The first-order valence-corrected chi connectivity index (χ1v) is 9.31. The molecule has 5 heteroatoms. The molecule has 4 nitrogen and oxygen atoms in total. The zero-order chi connectivity index (χ0) is 16.5. The van der Waals surface area contributed by atoms with E-state index in [-0.39, 0.29) is 23.8 Å². The van der Waals surface area contributed by atoms with Gasteiger partial charge >= 0.3 is 0 Å². The van der Waals surface area contributed by atoms with Gasteiger partial charge in [-0.3, -0.25) is 10.2 Å². The number of halogens is 1. The van der Waals surface area contributed by atoms with Crippen molar-refractivity contribution in [1.29, 1.82) is 0 Å². The van der Waals surface area contributed by atoms with E-state index in [0.717, 1.165) is 44.2 Å². The van der Waals surface area contributed by atoms with Crippen molar-refractivity contribution in [3.05, 3.63) is 35.6 Å². The topological polar surface area (TPSA) is 44.4 Å². The average Bonchev–Trinajstić information content (AvgIpc) is 3.06. The molecule has 4 unspecified atom stereocenters. The van der Waals surface area contributed by atoms with Crippen LogP contribution in [0.25, 0.3) is 0 Å². The van der Waals surface area contributed by atoms with Gasteiger partial charge in [0.05, 0.1) is 6.04 Å². The smallest absolute Gasteiger partial charge is 0.241 e. The van der Waals surface area contributed by atoms with Crippen LogP contribution in [0.4, 0.5) is 4.39 Å². The summed E-state index contributed by atoms with van der Waals surface area (Å²) in [5.74, 6) is 0.395. The van der Waals surface area contributed by atoms with E-state index in [9.17, 15) is 9.18 Å². The number of hydrazine groups is 1. The second kappa shape index (κ2) is 6.81. The quantitative estimate of drug-likeness (QED) is 0.876. The van der Waals surface area contributed by atoms with E-state index in [1.54, 1.807) is 0 Å². The summed E-state index contributed by atoms with van der Waals surface area (Å²) in [7, 11) is 0. The SMILES string of the molecule is O=C(C1NNC2CCCCC21)N1CCCCC1c1ccc(F)cc1. The van der Waals surface area contributed by atoms with Gasteiger partial charge in [0.15, 0.2) is 0 Å². The standard InChI is InChI=1S/C19H26FN3O/c20-14-10-8-13(9-11-14)17-7-3-4-12-23(17)19(24)18-15-5-1-2-6-16(15)21-22-18/h8-11,15-18,21-22H,1-7,12H2. The molecule has 2 saturated heterocycles. The third-order valence-electron chi connectivity index (χ3n) is 5.98. The molecular formula is C19H26FN3O. The van der Waals surface area contributed by atoms with Crippen LogP contribution in [0.5, 0.6) is 0 Å². The van der Waals surface area contributed by atoms with Crippen molar-refractivity contribution in [3.63, 3.8) is 0 Å². The van der Waals surface area contributed by atoms with E-state index in [1.165, 1.54) is 25.0 Å². The van der Waals surface area contributed by atoms with Gasteiger partial charge in [-0.05, 0) is 49.8 Å². The summed E-state index contributed by atoms with van der Waals surface area (Å²) in [6.07, 6.45) is 7.88. The molecule has 1 amide bonds. The van der Waals surface area contributed by atoms with Crippen LogP contribution in [0.3, 0.4) is 0 Å². The highest BCUT2D eigenvalue weighted by Crippen LogP contribution is 2.35. The second-order valence-electron chi connectivity index (χ2n) is 7.42. The normalized spacial score (nSPS) is 33.3. The van der Waals surface area contributed by atoms with E-state index in [2.05, 4.69) is 10.9 Å². The van der Waals surface area contributed by atoms with E-state index >= 15 is 0 Å². The molecule has 1 saturated carbocycles. The summed E-state index contributed by atoms with van der Waals surface area (Å²) in [5.41, 5.74) is 7.67. The number of hydrogen-bond donors (Lipinski definition) is 2. The number of carbonyl (C=O) groups is 1. The van der Waals surface area contributed by atoms with Gasteiger partial charge < -0.3 is 4.90 Å².